The number of carbonyl (C=O) groups is 1. The quantitative estimate of drug-likeness (QED) is 0.515. The van der Waals surface area contributed by atoms with Crippen LogP contribution in [-0.4, -0.2) is 21.6 Å². The molecule has 0 aliphatic heterocycles. The van der Waals surface area contributed by atoms with Crippen LogP contribution in [-0.2, 0) is 17.9 Å². The standard InChI is InChI=1S/C21H23N3O3/c1-2-3-13-22-19(25)15-24-18-12-8-7-11-17(18)23(20(26)21(24)27)14-16-9-5-4-6-10-16/h4-12H,2-3,13-15H2,1H3,(H,22,25). The summed E-state index contributed by atoms with van der Waals surface area (Å²) < 4.78 is 2.74. The van der Waals surface area contributed by atoms with Gasteiger partial charge >= 0.3 is 11.1 Å². The molecule has 140 valence electrons. The predicted octanol–water partition coefficient (Wildman–Crippen LogP) is 2.13. The predicted molar refractivity (Wildman–Crippen MR) is 106 cm³/mol. The van der Waals surface area contributed by atoms with Gasteiger partial charge in [-0.15, -0.1) is 0 Å². The van der Waals surface area contributed by atoms with Gasteiger partial charge in [-0.25, -0.2) is 0 Å². The van der Waals surface area contributed by atoms with E-state index in [9.17, 15) is 14.4 Å². The number of nitrogens with one attached hydrogen (secondary N) is 1. The number of amides is 1. The molecule has 27 heavy (non-hydrogen) atoms. The minimum Gasteiger partial charge on any atom is -0.355 e. The molecule has 0 bridgehead atoms. The number of para-hydroxylation sites is 2. The Morgan fingerprint density at radius 3 is 2.15 bits per heavy atom. The van der Waals surface area contributed by atoms with Crippen molar-refractivity contribution in [3.63, 3.8) is 0 Å². The second-order valence-electron chi connectivity index (χ2n) is 6.46. The largest absolute Gasteiger partial charge is 0.355 e. The van der Waals surface area contributed by atoms with Crippen LogP contribution in [0.1, 0.15) is 25.3 Å². The Hall–Kier alpha value is -3.15. The van der Waals surface area contributed by atoms with E-state index in [0.717, 1.165) is 18.4 Å². The van der Waals surface area contributed by atoms with Gasteiger partial charge in [-0.1, -0.05) is 55.8 Å². The van der Waals surface area contributed by atoms with E-state index in [0.29, 0.717) is 24.1 Å². The van der Waals surface area contributed by atoms with E-state index in [1.54, 1.807) is 18.2 Å². The molecule has 3 rings (SSSR count). The second-order valence-corrected chi connectivity index (χ2v) is 6.46. The van der Waals surface area contributed by atoms with E-state index in [4.69, 9.17) is 0 Å². The molecule has 1 aromatic heterocycles. The molecular formula is C21H23N3O3. The highest BCUT2D eigenvalue weighted by Gasteiger charge is 2.15. The third-order valence-corrected chi connectivity index (χ3v) is 4.47. The van der Waals surface area contributed by atoms with E-state index in [1.807, 2.05) is 43.3 Å². The minimum atomic E-state index is -0.685. The molecule has 0 spiro atoms. The summed E-state index contributed by atoms with van der Waals surface area (Å²) >= 11 is 0. The van der Waals surface area contributed by atoms with Crippen molar-refractivity contribution in [1.29, 1.82) is 0 Å². The van der Waals surface area contributed by atoms with E-state index in [1.165, 1.54) is 9.13 Å². The number of aromatic nitrogens is 2. The number of nitrogens with zero attached hydrogens (tertiary/aromatic N) is 2. The van der Waals surface area contributed by atoms with Crippen LogP contribution in [0.3, 0.4) is 0 Å². The van der Waals surface area contributed by atoms with Crippen LogP contribution < -0.4 is 16.4 Å². The van der Waals surface area contributed by atoms with Crippen LogP contribution in [0.5, 0.6) is 0 Å². The van der Waals surface area contributed by atoms with Crippen molar-refractivity contribution in [1.82, 2.24) is 14.5 Å². The number of hydrogen-bond acceptors (Lipinski definition) is 3. The summed E-state index contributed by atoms with van der Waals surface area (Å²) in [5.41, 5.74) is 0.823. The molecule has 0 aliphatic rings. The van der Waals surface area contributed by atoms with Gasteiger partial charge in [0.2, 0.25) is 5.91 Å². The average Bonchev–Trinajstić information content (AvgIpc) is 2.69. The summed E-state index contributed by atoms with van der Waals surface area (Å²) in [4.78, 5) is 37.6. The molecule has 0 unspecified atom stereocenters. The summed E-state index contributed by atoms with van der Waals surface area (Å²) in [5, 5.41) is 2.79. The van der Waals surface area contributed by atoms with Crippen LogP contribution in [0.15, 0.2) is 64.2 Å². The zero-order valence-corrected chi connectivity index (χ0v) is 15.4. The van der Waals surface area contributed by atoms with Crippen LogP contribution in [0.4, 0.5) is 0 Å². The minimum absolute atomic E-state index is 0.162. The normalized spacial score (nSPS) is 10.9. The lowest BCUT2D eigenvalue weighted by Crippen LogP contribution is -2.44. The Kier molecular flexibility index (Phi) is 5.86. The van der Waals surface area contributed by atoms with Crippen LogP contribution in [0.2, 0.25) is 0 Å². The molecule has 0 saturated heterocycles. The van der Waals surface area contributed by atoms with Crippen molar-refractivity contribution in [2.75, 3.05) is 6.54 Å². The maximum atomic E-state index is 12.7. The van der Waals surface area contributed by atoms with Crippen molar-refractivity contribution in [2.24, 2.45) is 0 Å². The first kappa shape index (κ1) is 18.6. The molecule has 6 heteroatoms. The van der Waals surface area contributed by atoms with Crippen molar-refractivity contribution in [3.05, 3.63) is 80.9 Å². The Balaban J connectivity index is 2.03. The first-order chi connectivity index (χ1) is 13.1. The van der Waals surface area contributed by atoms with Crippen molar-refractivity contribution in [3.8, 4) is 0 Å². The number of rotatable bonds is 7. The van der Waals surface area contributed by atoms with Gasteiger partial charge in [-0.05, 0) is 24.1 Å². The van der Waals surface area contributed by atoms with Gasteiger partial charge in [0, 0.05) is 6.54 Å². The van der Waals surface area contributed by atoms with Gasteiger partial charge in [-0.3, -0.25) is 23.5 Å². The van der Waals surface area contributed by atoms with Crippen molar-refractivity contribution < 1.29 is 4.79 Å². The Morgan fingerprint density at radius 1 is 0.889 bits per heavy atom. The van der Waals surface area contributed by atoms with Gasteiger partial charge in [0.25, 0.3) is 0 Å². The zero-order chi connectivity index (χ0) is 19.2. The third kappa shape index (κ3) is 4.16. The number of fused-ring (bicyclic) bond motifs is 1. The summed E-state index contributed by atoms with van der Waals surface area (Å²) in [5.74, 6) is -0.268. The van der Waals surface area contributed by atoms with E-state index in [-0.39, 0.29) is 12.5 Å². The zero-order valence-electron chi connectivity index (χ0n) is 15.4. The number of hydrogen-bond donors (Lipinski definition) is 1. The first-order valence-electron chi connectivity index (χ1n) is 9.15. The number of benzene rings is 2. The second kappa shape index (κ2) is 8.49. The van der Waals surface area contributed by atoms with E-state index in [2.05, 4.69) is 5.32 Å². The van der Waals surface area contributed by atoms with E-state index >= 15 is 0 Å². The van der Waals surface area contributed by atoms with Crippen LogP contribution >= 0.6 is 0 Å². The fraction of sp³-hybridized carbons (Fsp3) is 0.286. The molecule has 1 amide bonds. The summed E-state index contributed by atoms with van der Waals surface area (Å²) in [7, 11) is 0. The molecule has 3 aromatic rings. The lowest BCUT2D eigenvalue weighted by molar-refractivity contribution is -0.121. The smallest absolute Gasteiger partial charge is 0.317 e. The van der Waals surface area contributed by atoms with Crippen LogP contribution in [0.25, 0.3) is 11.0 Å². The number of carbonyl (C=O) groups excluding carboxylic acids is 1. The molecule has 0 aliphatic carbocycles. The fourth-order valence-electron chi connectivity index (χ4n) is 3.05. The van der Waals surface area contributed by atoms with Gasteiger partial charge in [0.15, 0.2) is 0 Å². The molecule has 2 aromatic carbocycles. The Labute approximate surface area is 157 Å². The van der Waals surface area contributed by atoms with Gasteiger partial charge in [-0.2, -0.15) is 0 Å². The lowest BCUT2D eigenvalue weighted by atomic mass is 10.2. The highest BCUT2D eigenvalue weighted by Crippen LogP contribution is 2.12. The summed E-state index contributed by atoms with van der Waals surface area (Å²) in [6, 6.07) is 16.7. The molecule has 1 heterocycles. The molecule has 6 nitrogen and oxygen atoms in total. The molecule has 0 saturated carbocycles. The van der Waals surface area contributed by atoms with Gasteiger partial charge in [0.05, 0.1) is 17.6 Å². The third-order valence-electron chi connectivity index (χ3n) is 4.47. The lowest BCUT2D eigenvalue weighted by Gasteiger charge is -2.15. The average molecular weight is 365 g/mol. The topological polar surface area (TPSA) is 73.1 Å². The van der Waals surface area contributed by atoms with Crippen molar-refractivity contribution in [2.45, 2.75) is 32.9 Å². The molecule has 0 atom stereocenters. The van der Waals surface area contributed by atoms with Crippen LogP contribution in [0, 0.1) is 0 Å². The molecule has 0 radical (unpaired) electrons. The SMILES string of the molecule is CCCCNC(=O)Cn1c(=O)c(=O)n(Cc2ccccc2)c2ccccc21. The fourth-order valence-corrected chi connectivity index (χ4v) is 3.05. The Bertz CT molecular complexity index is 1050. The van der Waals surface area contributed by atoms with Gasteiger partial charge < -0.3 is 5.32 Å². The van der Waals surface area contributed by atoms with Crippen molar-refractivity contribution >= 4 is 16.9 Å². The maximum Gasteiger partial charge on any atom is 0.317 e. The summed E-state index contributed by atoms with van der Waals surface area (Å²) in [6.45, 7) is 2.74. The maximum absolute atomic E-state index is 12.7. The molecule has 1 N–H and O–H groups in total. The monoisotopic (exact) mass is 365 g/mol. The van der Waals surface area contributed by atoms with E-state index < -0.39 is 11.1 Å². The first-order valence-corrected chi connectivity index (χ1v) is 9.15. The molecule has 0 fully saturated rings. The highest BCUT2D eigenvalue weighted by molar-refractivity contribution is 5.80. The summed E-state index contributed by atoms with van der Waals surface area (Å²) in [6.07, 6.45) is 1.85. The highest BCUT2D eigenvalue weighted by atomic mass is 16.2. The Morgan fingerprint density at radius 2 is 1.48 bits per heavy atom. The van der Waals surface area contributed by atoms with Gasteiger partial charge in [0.1, 0.15) is 6.54 Å². The number of unbranched alkanes of at least 4 members (excludes halogenated alkanes) is 1. The molecular weight excluding hydrogens is 342 g/mol.